The first-order valence-electron chi connectivity index (χ1n) is 5.45. The van der Waals surface area contributed by atoms with Gasteiger partial charge in [-0.1, -0.05) is 12.1 Å². The summed E-state index contributed by atoms with van der Waals surface area (Å²) < 4.78 is 49.9. The van der Waals surface area contributed by atoms with Crippen LogP contribution >= 0.6 is 0 Å². The highest BCUT2D eigenvalue weighted by Gasteiger charge is 2.25. The lowest BCUT2D eigenvalue weighted by molar-refractivity contribution is -0.385. The molecule has 0 aliphatic rings. The average molecular weight is 300 g/mol. The van der Waals surface area contributed by atoms with Gasteiger partial charge in [0.2, 0.25) is 23.1 Å². The number of rotatable bonds is 4. The van der Waals surface area contributed by atoms with Gasteiger partial charge in [-0.05, 0) is 6.07 Å². The molecular weight excluding hydrogens is 293 g/mol. The zero-order valence-electron chi connectivity index (χ0n) is 10.5. The highest BCUT2D eigenvalue weighted by atomic mass is 19.2. The number of methoxy groups -OCH3 is 1. The Morgan fingerprint density at radius 1 is 1.19 bits per heavy atom. The first-order valence-corrected chi connectivity index (χ1v) is 5.45. The molecule has 0 N–H and O–H groups in total. The van der Waals surface area contributed by atoms with Crippen LogP contribution in [0.1, 0.15) is 0 Å². The zero-order chi connectivity index (χ0) is 15.6. The number of nitro groups is 1. The van der Waals surface area contributed by atoms with E-state index in [1.165, 1.54) is 12.1 Å². The second kappa shape index (κ2) is 5.65. The van der Waals surface area contributed by atoms with E-state index in [0.717, 1.165) is 19.2 Å². The Bertz CT molecular complexity index is 709. The summed E-state index contributed by atoms with van der Waals surface area (Å²) in [5.74, 6) is -7.23. The Kier molecular flexibility index (Phi) is 3.92. The van der Waals surface area contributed by atoms with E-state index in [0.29, 0.717) is 0 Å². The zero-order valence-corrected chi connectivity index (χ0v) is 10.5. The molecule has 1 aromatic heterocycles. The molecule has 9 heteroatoms. The van der Waals surface area contributed by atoms with Crippen LogP contribution < -0.4 is 9.47 Å². The number of nitro benzene ring substituents is 1. The molecule has 0 aliphatic carbocycles. The third-order valence-electron chi connectivity index (χ3n) is 2.43. The lowest BCUT2D eigenvalue weighted by Gasteiger charge is -2.10. The number of aromatic nitrogens is 1. The van der Waals surface area contributed by atoms with Gasteiger partial charge in [-0.25, -0.2) is 0 Å². The lowest BCUT2D eigenvalue weighted by Crippen LogP contribution is -2.04. The van der Waals surface area contributed by atoms with E-state index in [-0.39, 0.29) is 0 Å². The molecule has 0 atom stereocenters. The van der Waals surface area contributed by atoms with Crippen LogP contribution in [0.5, 0.6) is 17.4 Å². The van der Waals surface area contributed by atoms with Crippen molar-refractivity contribution in [3.05, 3.63) is 52.0 Å². The maximum Gasteiger partial charge on any atom is 0.311 e. The van der Waals surface area contributed by atoms with Crippen LogP contribution in [-0.2, 0) is 0 Å². The number of para-hydroxylation sites is 2. The van der Waals surface area contributed by atoms with Gasteiger partial charge in [0.25, 0.3) is 11.8 Å². The van der Waals surface area contributed by atoms with E-state index in [1.54, 1.807) is 0 Å². The minimum Gasteiger partial charge on any atom is -0.479 e. The smallest absolute Gasteiger partial charge is 0.311 e. The van der Waals surface area contributed by atoms with Crippen molar-refractivity contribution in [2.45, 2.75) is 0 Å². The van der Waals surface area contributed by atoms with E-state index in [2.05, 4.69) is 9.72 Å². The van der Waals surface area contributed by atoms with Crippen molar-refractivity contribution in [2.75, 3.05) is 7.11 Å². The molecule has 0 amide bonds. The van der Waals surface area contributed by atoms with E-state index in [9.17, 15) is 23.3 Å². The predicted octanol–water partition coefficient (Wildman–Crippen LogP) is 3.21. The number of ether oxygens (including phenoxy) is 2. The van der Waals surface area contributed by atoms with Crippen LogP contribution in [0.25, 0.3) is 0 Å². The van der Waals surface area contributed by atoms with Gasteiger partial charge in [0, 0.05) is 6.07 Å². The molecule has 1 heterocycles. The fourth-order valence-corrected chi connectivity index (χ4v) is 1.50. The van der Waals surface area contributed by atoms with Gasteiger partial charge in [-0.3, -0.25) is 10.1 Å². The molecular formula is C12H7F3N2O4. The van der Waals surface area contributed by atoms with Crippen LogP contribution in [-0.4, -0.2) is 17.0 Å². The summed E-state index contributed by atoms with van der Waals surface area (Å²) in [6, 6.07) is 4.88. The van der Waals surface area contributed by atoms with E-state index < -0.39 is 45.6 Å². The van der Waals surface area contributed by atoms with Crippen LogP contribution in [0.3, 0.4) is 0 Å². The van der Waals surface area contributed by atoms with Gasteiger partial charge >= 0.3 is 5.69 Å². The molecule has 6 nitrogen and oxygen atoms in total. The molecule has 0 fully saturated rings. The molecule has 0 unspecified atom stereocenters. The van der Waals surface area contributed by atoms with E-state index in [1.807, 2.05) is 0 Å². The highest BCUT2D eigenvalue weighted by molar-refractivity contribution is 5.48. The van der Waals surface area contributed by atoms with Crippen molar-refractivity contribution < 1.29 is 27.6 Å². The molecule has 21 heavy (non-hydrogen) atoms. The van der Waals surface area contributed by atoms with Crippen molar-refractivity contribution in [3.63, 3.8) is 0 Å². The van der Waals surface area contributed by atoms with Crippen molar-refractivity contribution in [2.24, 2.45) is 0 Å². The summed E-state index contributed by atoms with van der Waals surface area (Å²) in [5.41, 5.74) is -0.535. The number of benzene rings is 1. The summed E-state index contributed by atoms with van der Waals surface area (Å²) in [6.07, 6.45) is 0. The van der Waals surface area contributed by atoms with E-state index in [4.69, 9.17) is 4.74 Å². The van der Waals surface area contributed by atoms with Crippen molar-refractivity contribution in [3.8, 4) is 17.4 Å². The predicted molar refractivity (Wildman–Crippen MR) is 63.8 cm³/mol. The second-order valence-corrected chi connectivity index (χ2v) is 3.70. The number of halogens is 3. The van der Waals surface area contributed by atoms with Crippen molar-refractivity contribution in [1.29, 1.82) is 0 Å². The Hall–Kier alpha value is -2.84. The topological polar surface area (TPSA) is 74.5 Å². The molecule has 0 saturated heterocycles. The standard InChI is InChI=1S/C12H7F3N2O4/c1-20-12-9(14)10(8(13)11(15)16-12)21-7-5-3-2-4-6(7)17(18)19/h2-5H,1H3. The Morgan fingerprint density at radius 3 is 2.48 bits per heavy atom. The van der Waals surface area contributed by atoms with E-state index >= 15 is 0 Å². The maximum atomic E-state index is 13.8. The third-order valence-corrected chi connectivity index (χ3v) is 2.43. The summed E-state index contributed by atoms with van der Waals surface area (Å²) in [4.78, 5) is 12.9. The van der Waals surface area contributed by atoms with Gasteiger partial charge in [-0.2, -0.15) is 18.2 Å². The SMILES string of the molecule is COc1nc(F)c(F)c(Oc2ccccc2[N+](=O)[O-])c1F. The Balaban J connectivity index is 2.55. The minimum atomic E-state index is -1.72. The first kappa shape index (κ1) is 14.6. The summed E-state index contributed by atoms with van der Waals surface area (Å²) in [5, 5.41) is 10.8. The second-order valence-electron chi connectivity index (χ2n) is 3.70. The molecule has 2 aromatic rings. The third kappa shape index (κ3) is 2.71. The number of pyridine rings is 1. The van der Waals surface area contributed by atoms with Gasteiger partial charge < -0.3 is 9.47 Å². The maximum absolute atomic E-state index is 13.8. The highest BCUT2D eigenvalue weighted by Crippen LogP contribution is 2.36. The van der Waals surface area contributed by atoms with Gasteiger partial charge in [-0.15, -0.1) is 0 Å². The lowest BCUT2D eigenvalue weighted by atomic mass is 10.3. The fourth-order valence-electron chi connectivity index (χ4n) is 1.50. The van der Waals surface area contributed by atoms with Crippen molar-refractivity contribution >= 4 is 5.69 Å². The number of nitrogens with zero attached hydrogens (tertiary/aromatic N) is 2. The molecule has 0 aliphatic heterocycles. The minimum absolute atomic E-state index is 0.451. The van der Waals surface area contributed by atoms with Crippen molar-refractivity contribution in [1.82, 2.24) is 4.98 Å². The van der Waals surface area contributed by atoms with Crippen LogP contribution in [0.2, 0.25) is 0 Å². The van der Waals surface area contributed by atoms with Crippen LogP contribution in [0, 0.1) is 27.7 Å². The Morgan fingerprint density at radius 2 is 1.86 bits per heavy atom. The summed E-state index contributed by atoms with van der Waals surface area (Å²) >= 11 is 0. The molecule has 0 spiro atoms. The molecule has 0 bridgehead atoms. The van der Waals surface area contributed by atoms with Gasteiger partial charge in [0.1, 0.15) is 0 Å². The molecule has 110 valence electrons. The summed E-state index contributed by atoms with van der Waals surface area (Å²) in [7, 11) is 0.998. The largest absolute Gasteiger partial charge is 0.479 e. The van der Waals surface area contributed by atoms with Gasteiger partial charge in [0.05, 0.1) is 12.0 Å². The summed E-state index contributed by atoms with van der Waals surface area (Å²) in [6.45, 7) is 0. The molecule has 2 rings (SSSR count). The number of hydrogen-bond acceptors (Lipinski definition) is 5. The monoisotopic (exact) mass is 300 g/mol. The van der Waals surface area contributed by atoms with Gasteiger partial charge in [0.15, 0.2) is 0 Å². The molecule has 0 saturated carbocycles. The number of hydrogen-bond donors (Lipinski definition) is 0. The fraction of sp³-hybridized carbons (Fsp3) is 0.0833. The van der Waals surface area contributed by atoms with Crippen LogP contribution in [0.4, 0.5) is 18.9 Å². The normalized spacial score (nSPS) is 10.3. The molecule has 1 aromatic carbocycles. The Labute approximate surface area is 115 Å². The quantitative estimate of drug-likeness (QED) is 0.492. The first-order chi connectivity index (χ1) is 9.95. The molecule has 0 radical (unpaired) electrons. The average Bonchev–Trinajstić information content (AvgIpc) is 2.47. The van der Waals surface area contributed by atoms with Crippen LogP contribution in [0.15, 0.2) is 24.3 Å².